The van der Waals surface area contributed by atoms with Gasteiger partial charge in [0.25, 0.3) is 0 Å². The van der Waals surface area contributed by atoms with E-state index in [4.69, 9.17) is 0 Å². The molecule has 176 valence electrons. The predicted molar refractivity (Wildman–Crippen MR) is 138 cm³/mol. The van der Waals surface area contributed by atoms with Gasteiger partial charge in [-0.05, 0) is 88.7 Å². The van der Waals surface area contributed by atoms with Crippen LogP contribution in [-0.2, 0) is 11.2 Å². The molecule has 0 bridgehead atoms. The number of hydrogen-bond acceptors (Lipinski definition) is 1. The molecular formula is C28H39BrFNO. The Morgan fingerprint density at radius 2 is 2.00 bits per heavy atom. The number of allylic oxidation sites excluding steroid dienone is 2. The molecule has 1 aliphatic rings. The van der Waals surface area contributed by atoms with Crippen molar-refractivity contribution in [3.05, 3.63) is 63.6 Å². The first-order valence-corrected chi connectivity index (χ1v) is 12.8. The summed E-state index contributed by atoms with van der Waals surface area (Å²) in [4.78, 5) is 13.6. The van der Waals surface area contributed by atoms with Crippen molar-refractivity contribution in [3.63, 3.8) is 0 Å². The lowest BCUT2D eigenvalue weighted by atomic mass is 9.70. The van der Waals surface area contributed by atoms with E-state index in [1.807, 2.05) is 13.0 Å². The Kier molecular flexibility index (Phi) is 9.51. The van der Waals surface area contributed by atoms with E-state index in [2.05, 4.69) is 68.2 Å². The molecular weight excluding hydrogens is 465 g/mol. The van der Waals surface area contributed by atoms with Crippen molar-refractivity contribution in [2.45, 2.75) is 86.0 Å². The fourth-order valence-electron chi connectivity index (χ4n) is 4.84. The number of halogens is 2. The monoisotopic (exact) mass is 503 g/mol. The van der Waals surface area contributed by atoms with E-state index < -0.39 is 5.41 Å². The zero-order chi connectivity index (χ0) is 24.1. The van der Waals surface area contributed by atoms with Gasteiger partial charge in [-0.2, -0.15) is 0 Å². The first kappa shape index (κ1) is 26.6. The number of hydrogen-bond donors (Lipinski definition) is 1. The summed E-state index contributed by atoms with van der Waals surface area (Å²) in [5, 5.41) is 3.19. The van der Waals surface area contributed by atoms with Crippen LogP contribution in [-0.4, -0.2) is 5.91 Å². The molecule has 0 saturated carbocycles. The number of amides is 1. The van der Waals surface area contributed by atoms with Crippen LogP contribution in [0.5, 0.6) is 0 Å². The quantitative estimate of drug-likeness (QED) is 0.284. The molecule has 0 radical (unpaired) electrons. The molecule has 2 rings (SSSR count). The van der Waals surface area contributed by atoms with Crippen LogP contribution >= 0.6 is 15.9 Å². The highest BCUT2D eigenvalue weighted by Crippen LogP contribution is 2.51. The van der Waals surface area contributed by atoms with Gasteiger partial charge in [-0.15, -0.1) is 6.58 Å². The van der Waals surface area contributed by atoms with Crippen molar-refractivity contribution in [1.29, 1.82) is 0 Å². The molecule has 1 aromatic rings. The topological polar surface area (TPSA) is 29.1 Å². The third kappa shape index (κ3) is 5.11. The zero-order valence-electron chi connectivity index (χ0n) is 20.5. The second-order valence-corrected chi connectivity index (χ2v) is 9.99. The molecule has 0 aliphatic carbocycles. The number of nitrogens with one attached hydrogen (secondary N) is 1. The maximum atomic E-state index is 15.5. The number of aryl methyl sites for hydroxylation is 1. The molecule has 32 heavy (non-hydrogen) atoms. The molecule has 1 amide bonds. The summed E-state index contributed by atoms with van der Waals surface area (Å²) in [6.45, 7) is 18.5. The summed E-state index contributed by atoms with van der Waals surface area (Å²) in [5.41, 5.74) is 4.41. The van der Waals surface area contributed by atoms with E-state index in [1.54, 1.807) is 0 Å². The summed E-state index contributed by atoms with van der Waals surface area (Å²) in [6, 6.07) is 2.06. The van der Waals surface area contributed by atoms with Gasteiger partial charge in [-0.25, -0.2) is 4.39 Å². The molecule has 1 heterocycles. The van der Waals surface area contributed by atoms with Gasteiger partial charge in [0.15, 0.2) is 0 Å². The average molecular weight is 505 g/mol. The minimum absolute atomic E-state index is 0.0249. The van der Waals surface area contributed by atoms with Gasteiger partial charge in [-0.3, -0.25) is 4.79 Å². The summed E-state index contributed by atoms with van der Waals surface area (Å²) in [7, 11) is 0. The number of rotatable bonds is 12. The third-order valence-corrected chi connectivity index (χ3v) is 7.81. The third-order valence-electron chi connectivity index (χ3n) is 6.84. The molecule has 2 unspecified atom stereocenters. The highest BCUT2D eigenvalue weighted by atomic mass is 79.9. The van der Waals surface area contributed by atoms with E-state index >= 15 is 4.39 Å². The SMILES string of the molecule is C=CC(C)CCCC1(CC)C(=O)NC(C(=C)CCC)=C1c1cc(C)c(Br)c(F)c1CCC. The molecule has 1 aliphatic heterocycles. The molecule has 2 atom stereocenters. The Morgan fingerprint density at radius 3 is 2.56 bits per heavy atom. The van der Waals surface area contributed by atoms with Gasteiger partial charge in [0, 0.05) is 5.70 Å². The standard InChI is InChI=1S/C28H39BrFNO/c1-8-13-19(6)26-23(22-17-20(7)24(29)25(30)21(22)14-9-2)28(11-4,27(32)31-26)16-12-15-18(5)10-3/h10,17-18H,3,6,8-9,11-16H2,1-2,4-5,7H3,(H,31,32). The second-order valence-electron chi connectivity index (χ2n) is 9.20. The summed E-state index contributed by atoms with van der Waals surface area (Å²) < 4.78 is 16.0. The zero-order valence-corrected chi connectivity index (χ0v) is 22.1. The van der Waals surface area contributed by atoms with Crippen molar-refractivity contribution >= 4 is 27.4 Å². The summed E-state index contributed by atoms with van der Waals surface area (Å²) in [5.74, 6) is 0.217. The van der Waals surface area contributed by atoms with Crippen LogP contribution in [0.15, 0.2) is 41.0 Å². The van der Waals surface area contributed by atoms with Gasteiger partial charge < -0.3 is 5.32 Å². The minimum Gasteiger partial charge on any atom is -0.325 e. The Hall–Kier alpha value is -1.68. The first-order valence-electron chi connectivity index (χ1n) is 12.0. The van der Waals surface area contributed by atoms with Crippen molar-refractivity contribution in [1.82, 2.24) is 5.32 Å². The largest absolute Gasteiger partial charge is 0.325 e. The Balaban J connectivity index is 2.77. The van der Waals surface area contributed by atoms with E-state index in [0.717, 1.165) is 66.5 Å². The molecule has 0 saturated heterocycles. The van der Waals surface area contributed by atoms with Gasteiger partial charge in [-0.1, -0.05) is 65.7 Å². The van der Waals surface area contributed by atoms with Gasteiger partial charge >= 0.3 is 0 Å². The van der Waals surface area contributed by atoms with Crippen LogP contribution in [0.3, 0.4) is 0 Å². The molecule has 0 aromatic heterocycles. The summed E-state index contributed by atoms with van der Waals surface area (Å²) >= 11 is 3.43. The van der Waals surface area contributed by atoms with Crippen molar-refractivity contribution in [2.24, 2.45) is 11.3 Å². The van der Waals surface area contributed by atoms with E-state index in [0.29, 0.717) is 28.8 Å². The van der Waals surface area contributed by atoms with E-state index in [1.165, 1.54) is 0 Å². The smallest absolute Gasteiger partial charge is 0.235 e. The van der Waals surface area contributed by atoms with Crippen LogP contribution in [0.2, 0.25) is 0 Å². The fourth-order valence-corrected chi connectivity index (χ4v) is 5.19. The molecule has 1 aromatic carbocycles. The molecule has 0 fully saturated rings. The van der Waals surface area contributed by atoms with E-state index in [-0.39, 0.29) is 11.7 Å². The summed E-state index contributed by atoms with van der Waals surface area (Å²) in [6.07, 6.45) is 8.44. The van der Waals surface area contributed by atoms with Crippen LogP contribution < -0.4 is 5.32 Å². The Morgan fingerprint density at radius 1 is 1.31 bits per heavy atom. The van der Waals surface area contributed by atoms with Gasteiger partial charge in [0.2, 0.25) is 5.91 Å². The molecule has 4 heteroatoms. The lowest BCUT2D eigenvalue weighted by molar-refractivity contribution is -0.126. The van der Waals surface area contributed by atoms with Gasteiger partial charge in [0.1, 0.15) is 5.82 Å². The fraction of sp³-hybridized carbons (Fsp3) is 0.536. The second kappa shape index (κ2) is 11.4. The van der Waals surface area contributed by atoms with Crippen molar-refractivity contribution < 1.29 is 9.18 Å². The highest BCUT2D eigenvalue weighted by Gasteiger charge is 2.48. The van der Waals surface area contributed by atoms with Gasteiger partial charge in [0.05, 0.1) is 9.89 Å². The maximum absolute atomic E-state index is 15.5. The highest BCUT2D eigenvalue weighted by molar-refractivity contribution is 9.10. The van der Waals surface area contributed by atoms with Crippen LogP contribution in [0.25, 0.3) is 5.57 Å². The first-order chi connectivity index (χ1) is 15.2. The van der Waals surface area contributed by atoms with Crippen molar-refractivity contribution in [2.75, 3.05) is 0 Å². The predicted octanol–water partition coefficient (Wildman–Crippen LogP) is 8.44. The van der Waals surface area contributed by atoms with E-state index in [9.17, 15) is 4.79 Å². The minimum atomic E-state index is -0.678. The number of carbonyl (C=O) groups excluding carboxylic acids is 1. The lowest BCUT2D eigenvalue weighted by Gasteiger charge is -2.31. The van der Waals surface area contributed by atoms with Crippen LogP contribution in [0.1, 0.15) is 89.3 Å². The van der Waals surface area contributed by atoms with Crippen molar-refractivity contribution in [3.8, 4) is 0 Å². The average Bonchev–Trinajstić information content (AvgIpc) is 3.06. The van der Waals surface area contributed by atoms with Crippen LogP contribution in [0, 0.1) is 24.1 Å². The Bertz CT molecular complexity index is 916. The lowest BCUT2D eigenvalue weighted by Crippen LogP contribution is -2.34. The number of carbonyl (C=O) groups is 1. The number of benzene rings is 1. The Labute approximate surface area is 202 Å². The molecule has 2 nitrogen and oxygen atoms in total. The van der Waals surface area contributed by atoms with Crippen LogP contribution in [0.4, 0.5) is 4.39 Å². The normalized spacial score (nSPS) is 19.3. The molecule has 0 spiro atoms. The maximum Gasteiger partial charge on any atom is 0.235 e. The molecule has 1 N–H and O–H groups in total.